The highest BCUT2D eigenvalue weighted by molar-refractivity contribution is 5.68. The van der Waals surface area contributed by atoms with Crippen LogP contribution in [0.25, 0.3) is 10.4 Å². The molecule has 0 saturated carbocycles. The Kier molecular flexibility index (Phi) is 13.9. The van der Waals surface area contributed by atoms with Gasteiger partial charge in [-0.3, -0.25) is 4.79 Å². The van der Waals surface area contributed by atoms with Crippen LogP contribution in [0.3, 0.4) is 0 Å². The number of hydrogen-bond donors (Lipinski definition) is 0. The van der Waals surface area contributed by atoms with Gasteiger partial charge in [-0.25, -0.2) is 0 Å². The third kappa shape index (κ3) is 14.7. The Hall–Kier alpha value is -1.22. The third-order valence-corrected chi connectivity index (χ3v) is 3.16. The van der Waals surface area contributed by atoms with Gasteiger partial charge in [-0.15, -0.1) is 0 Å². The van der Waals surface area contributed by atoms with Crippen LogP contribution in [0.15, 0.2) is 5.28 Å². The molecule has 0 rings (SSSR count). The van der Waals surface area contributed by atoms with Gasteiger partial charge in [-0.2, -0.15) is 0 Å². The molecule has 5 heteroatoms. The Morgan fingerprint density at radius 3 is 1.89 bits per heavy atom. The van der Waals surface area contributed by atoms with E-state index in [1.165, 1.54) is 57.8 Å². The molecule has 0 fully saturated rings. The Morgan fingerprint density at radius 1 is 0.947 bits per heavy atom. The average Bonchev–Trinajstić information content (AvgIpc) is 2.42. The number of carbonyl (C=O) groups excluding carboxylic acids is 1. The first-order chi connectivity index (χ1) is 9.31. The van der Waals surface area contributed by atoms with Crippen molar-refractivity contribution in [3.8, 4) is 0 Å². The van der Waals surface area contributed by atoms with Crippen molar-refractivity contribution >= 4 is 5.97 Å². The van der Waals surface area contributed by atoms with Crippen molar-refractivity contribution < 1.29 is 9.63 Å². The highest BCUT2D eigenvalue weighted by Crippen LogP contribution is 2.12. The number of unbranched alkanes of at least 4 members (excludes halogenated alkanes) is 10. The zero-order chi connectivity index (χ0) is 14.2. The van der Waals surface area contributed by atoms with Gasteiger partial charge >= 0.3 is 5.97 Å². The van der Waals surface area contributed by atoms with Crippen LogP contribution in [-0.2, 0) is 9.63 Å². The van der Waals surface area contributed by atoms with E-state index in [4.69, 9.17) is 5.53 Å². The van der Waals surface area contributed by atoms with E-state index in [0.717, 1.165) is 12.8 Å². The molecule has 0 bridgehead atoms. The highest BCUT2D eigenvalue weighted by Gasteiger charge is 2.00. The molecule has 110 valence electrons. The second kappa shape index (κ2) is 14.8. The number of nitrogens with zero attached hydrogens (tertiary/aromatic N) is 3. The van der Waals surface area contributed by atoms with Crippen molar-refractivity contribution in [3.63, 3.8) is 0 Å². The lowest BCUT2D eigenvalue weighted by Gasteiger charge is -2.02. The fourth-order valence-electron chi connectivity index (χ4n) is 2.04. The summed E-state index contributed by atoms with van der Waals surface area (Å²) in [5.41, 5.74) is 7.96. The average molecular weight is 269 g/mol. The van der Waals surface area contributed by atoms with E-state index in [1.54, 1.807) is 0 Å². The molecule has 0 aromatic carbocycles. The molecule has 0 N–H and O–H groups in total. The molecule has 0 aromatic rings. The summed E-state index contributed by atoms with van der Waals surface area (Å²) in [6.07, 6.45) is 14.0. The van der Waals surface area contributed by atoms with Crippen molar-refractivity contribution in [2.45, 2.75) is 84.0 Å². The minimum atomic E-state index is -0.436. The molecule has 0 unspecified atom stereocenters. The maximum atomic E-state index is 11.0. The Bertz CT molecular complexity index is 263. The number of azide groups is 1. The zero-order valence-electron chi connectivity index (χ0n) is 12.1. The number of carbonyl (C=O) groups is 1. The first kappa shape index (κ1) is 17.8. The van der Waals surface area contributed by atoms with Crippen molar-refractivity contribution in [2.24, 2.45) is 5.28 Å². The lowest BCUT2D eigenvalue weighted by Crippen LogP contribution is -1.98. The summed E-state index contributed by atoms with van der Waals surface area (Å²) in [7, 11) is 0. The SMILES string of the molecule is CCCCCCCCCCCCCC(=O)ON=[N+]=[N-]. The quantitative estimate of drug-likeness (QED) is 0.146. The predicted octanol–water partition coefficient (Wildman–Crippen LogP) is 5.46. The van der Waals surface area contributed by atoms with Gasteiger partial charge in [-0.1, -0.05) is 71.1 Å². The fraction of sp³-hybridized carbons (Fsp3) is 0.929. The summed E-state index contributed by atoms with van der Waals surface area (Å²) in [5.74, 6) is -0.436. The lowest BCUT2D eigenvalue weighted by atomic mass is 10.1. The van der Waals surface area contributed by atoms with E-state index in [-0.39, 0.29) is 0 Å². The number of rotatable bonds is 13. The molecule has 0 heterocycles. The van der Waals surface area contributed by atoms with E-state index in [9.17, 15) is 4.79 Å². The molecule has 0 radical (unpaired) electrons. The Morgan fingerprint density at radius 2 is 1.42 bits per heavy atom. The molecule has 0 amide bonds. The van der Waals surface area contributed by atoms with Crippen LogP contribution in [0.4, 0.5) is 0 Å². The Balaban J connectivity index is 3.10. The topological polar surface area (TPSA) is 75.1 Å². The van der Waals surface area contributed by atoms with Crippen molar-refractivity contribution in [2.75, 3.05) is 0 Å². The highest BCUT2D eigenvalue weighted by atomic mass is 16.7. The van der Waals surface area contributed by atoms with Crippen LogP contribution < -0.4 is 0 Å². The van der Waals surface area contributed by atoms with Gasteiger partial charge in [0, 0.05) is 11.3 Å². The van der Waals surface area contributed by atoms with Crippen molar-refractivity contribution in [1.82, 2.24) is 0 Å². The van der Waals surface area contributed by atoms with Gasteiger partial charge < -0.3 is 4.84 Å². The molecular formula is C14H27N3O2. The van der Waals surface area contributed by atoms with E-state index in [1.807, 2.05) is 0 Å². The van der Waals surface area contributed by atoms with Crippen molar-refractivity contribution in [1.29, 1.82) is 0 Å². The maximum Gasteiger partial charge on any atom is 0.317 e. The van der Waals surface area contributed by atoms with E-state index in [2.05, 4.69) is 22.0 Å². The van der Waals surface area contributed by atoms with Crippen LogP contribution in [0.1, 0.15) is 84.0 Å². The molecule has 0 aromatic heterocycles. The molecule has 19 heavy (non-hydrogen) atoms. The summed E-state index contributed by atoms with van der Waals surface area (Å²) in [6, 6.07) is 0. The van der Waals surface area contributed by atoms with Crippen LogP contribution in [0.5, 0.6) is 0 Å². The number of hydrogen-bond acceptors (Lipinski definition) is 3. The minimum Gasteiger partial charge on any atom is -0.359 e. The van der Waals surface area contributed by atoms with E-state index < -0.39 is 5.97 Å². The summed E-state index contributed by atoms with van der Waals surface area (Å²) < 4.78 is 0. The molecule has 0 aliphatic carbocycles. The maximum absolute atomic E-state index is 11.0. The molecule has 0 atom stereocenters. The smallest absolute Gasteiger partial charge is 0.317 e. The predicted molar refractivity (Wildman–Crippen MR) is 76.3 cm³/mol. The standard InChI is InChI=1S/C14H27N3O2/c1-2-3-4-5-6-7-8-9-10-11-12-13-14(18)19-17-16-15/h2-13H2,1H3. The van der Waals surface area contributed by atoms with Gasteiger partial charge in [0.05, 0.1) is 0 Å². The Labute approximate surface area is 116 Å². The van der Waals surface area contributed by atoms with Gasteiger partial charge in [0.25, 0.3) is 0 Å². The first-order valence-electron chi connectivity index (χ1n) is 7.55. The summed E-state index contributed by atoms with van der Waals surface area (Å²) in [5, 5.41) is 2.77. The van der Waals surface area contributed by atoms with Crippen LogP contribution >= 0.6 is 0 Å². The first-order valence-corrected chi connectivity index (χ1v) is 7.55. The molecule has 0 aliphatic rings. The lowest BCUT2D eigenvalue weighted by molar-refractivity contribution is -0.144. The van der Waals surface area contributed by atoms with Gasteiger partial charge in [0.1, 0.15) is 5.28 Å². The second-order valence-corrected chi connectivity index (χ2v) is 4.92. The van der Waals surface area contributed by atoms with Gasteiger partial charge in [0.2, 0.25) is 0 Å². The van der Waals surface area contributed by atoms with E-state index in [0.29, 0.717) is 6.42 Å². The molecule has 0 saturated heterocycles. The fourth-order valence-corrected chi connectivity index (χ4v) is 2.04. The summed E-state index contributed by atoms with van der Waals surface area (Å²) in [6.45, 7) is 2.24. The molecule has 5 nitrogen and oxygen atoms in total. The molecular weight excluding hydrogens is 242 g/mol. The molecule has 0 aliphatic heterocycles. The summed E-state index contributed by atoms with van der Waals surface area (Å²) >= 11 is 0. The van der Waals surface area contributed by atoms with Crippen LogP contribution in [0, 0.1) is 0 Å². The monoisotopic (exact) mass is 269 g/mol. The van der Waals surface area contributed by atoms with Crippen molar-refractivity contribution in [3.05, 3.63) is 10.4 Å². The summed E-state index contributed by atoms with van der Waals surface area (Å²) in [4.78, 5) is 17.6. The second-order valence-electron chi connectivity index (χ2n) is 4.92. The zero-order valence-corrected chi connectivity index (χ0v) is 12.1. The van der Waals surface area contributed by atoms with Gasteiger partial charge in [-0.05, 0) is 12.0 Å². The third-order valence-electron chi connectivity index (χ3n) is 3.16. The van der Waals surface area contributed by atoms with Gasteiger partial charge in [0.15, 0.2) is 0 Å². The minimum absolute atomic E-state index is 0.343. The van der Waals surface area contributed by atoms with E-state index >= 15 is 0 Å². The van der Waals surface area contributed by atoms with Crippen LogP contribution in [-0.4, -0.2) is 5.97 Å². The molecule has 0 spiro atoms. The largest absolute Gasteiger partial charge is 0.359 e. The normalized spacial score (nSPS) is 9.95. The van der Waals surface area contributed by atoms with Crippen LogP contribution in [0.2, 0.25) is 0 Å².